The van der Waals surface area contributed by atoms with Gasteiger partial charge in [-0.1, -0.05) is 0 Å². The van der Waals surface area contributed by atoms with Crippen LogP contribution in [0.25, 0.3) is 11.3 Å². The Balaban J connectivity index is 1.41. The summed E-state index contributed by atoms with van der Waals surface area (Å²) < 4.78 is 6.68. The molecule has 1 N–H and O–H groups in total. The van der Waals surface area contributed by atoms with Gasteiger partial charge in [0.15, 0.2) is 0 Å². The first-order valence-electron chi connectivity index (χ1n) is 9.44. The third kappa shape index (κ3) is 2.68. The molecule has 6 rings (SSSR count). The quantitative estimate of drug-likeness (QED) is 0.918. The van der Waals surface area contributed by atoms with E-state index in [2.05, 4.69) is 29.3 Å². The number of nitrogens with zero attached hydrogens (tertiary/aromatic N) is 1. The summed E-state index contributed by atoms with van der Waals surface area (Å²) in [5.41, 5.74) is 2.83. The molecular formula is C21H24N2O2. The summed E-state index contributed by atoms with van der Waals surface area (Å²) in [6.07, 6.45) is 8.00. The zero-order valence-electron chi connectivity index (χ0n) is 14.6. The van der Waals surface area contributed by atoms with Crippen molar-refractivity contribution >= 4 is 0 Å². The van der Waals surface area contributed by atoms with Crippen LogP contribution in [0, 0.1) is 24.7 Å². The van der Waals surface area contributed by atoms with E-state index < -0.39 is 0 Å². The Hall–Kier alpha value is -2.10. The van der Waals surface area contributed by atoms with Crippen LogP contribution < -0.4 is 10.3 Å². The summed E-state index contributed by atoms with van der Waals surface area (Å²) in [4.78, 5) is 11.2. The molecule has 130 valence electrons. The van der Waals surface area contributed by atoms with Crippen LogP contribution in [0.1, 0.15) is 44.1 Å². The Morgan fingerprint density at radius 1 is 1.04 bits per heavy atom. The third-order valence-electron chi connectivity index (χ3n) is 6.46. The van der Waals surface area contributed by atoms with Crippen molar-refractivity contribution in [2.24, 2.45) is 17.8 Å². The van der Waals surface area contributed by atoms with Crippen LogP contribution in [0.4, 0.5) is 0 Å². The van der Waals surface area contributed by atoms with Gasteiger partial charge >= 0.3 is 0 Å². The smallest absolute Gasteiger partial charge is 0.264 e. The first-order valence-corrected chi connectivity index (χ1v) is 9.44. The number of rotatable bonds is 3. The molecule has 0 radical (unpaired) electrons. The molecule has 2 aromatic rings. The standard InChI is InChI=1S/C21H24N2O2/c1-13-6-17(18-3-5-20(24)23-22-18)2-4-19(13)25-21-10-14-7-15(11-21)9-16(8-14)12-21/h2-6,14-16H,7-12H2,1H3,(H,23,24). The highest BCUT2D eigenvalue weighted by Crippen LogP contribution is 2.57. The van der Waals surface area contributed by atoms with E-state index in [9.17, 15) is 4.79 Å². The van der Waals surface area contributed by atoms with Crippen molar-refractivity contribution in [2.45, 2.75) is 51.0 Å². The predicted octanol–water partition coefficient (Wildman–Crippen LogP) is 4.09. The Bertz CT molecular complexity index is 815. The van der Waals surface area contributed by atoms with Crippen LogP contribution in [0.2, 0.25) is 0 Å². The minimum atomic E-state index is -0.178. The summed E-state index contributed by atoms with van der Waals surface area (Å²) >= 11 is 0. The molecule has 0 spiro atoms. The fourth-order valence-corrected chi connectivity index (χ4v) is 5.82. The zero-order chi connectivity index (χ0) is 17.0. The Kier molecular flexibility index (Phi) is 3.31. The number of benzene rings is 1. The lowest BCUT2D eigenvalue weighted by Crippen LogP contribution is -2.53. The lowest BCUT2D eigenvalue weighted by atomic mass is 9.54. The van der Waals surface area contributed by atoms with Gasteiger partial charge in [0.2, 0.25) is 0 Å². The SMILES string of the molecule is Cc1cc(-c2ccc(=O)[nH]n2)ccc1OC12CC3CC(CC(C3)C1)C2. The fourth-order valence-electron chi connectivity index (χ4n) is 5.82. The summed E-state index contributed by atoms with van der Waals surface area (Å²) in [6, 6.07) is 9.50. The van der Waals surface area contributed by atoms with Gasteiger partial charge in [0.1, 0.15) is 11.4 Å². The summed E-state index contributed by atoms with van der Waals surface area (Å²) in [5.74, 6) is 3.67. The van der Waals surface area contributed by atoms with Gasteiger partial charge in [-0.3, -0.25) is 4.79 Å². The third-order valence-corrected chi connectivity index (χ3v) is 6.46. The number of aryl methyl sites for hydroxylation is 1. The predicted molar refractivity (Wildman–Crippen MR) is 96.6 cm³/mol. The lowest BCUT2D eigenvalue weighted by Gasteiger charge is -2.56. The van der Waals surface area contributed by atoms with Crippen molar-refractivity contribution in [3.05, 3.63) is 46.2 Å². The maximum atomic E-state index is 11.2. The van der Waals surface area contributed by atoms with E-state index in [1.807, 2.05) is 6.07 Å². The molecule has 4 nitrogen and oxygen atoms in total. The van der Waals surface area contributed by atoms with E-state index in [4.69, 9.17) is 4.74 Å². The number of aromatic amines is 1. The van der Waals surface area contributed by atoms with Gasteiger partial charge in [0.05, 0.1) is 5.69 Å². The Morgan fingerprint density at radius 3 is 2.28 bits per heavy atom. The minimum Gasteiger partial charge on any atom is -0.487 e. The first kappa shape index (κ1) is 15.2. The van der Waals surface area contributed by atoms with Crippen LogP contribution in [-0.2, 0) is 0 Å². The van der Waals surface area contributed by atoms with Gasteiger partial charge in [-0.05, 0) is 93.0 Å². The molecule has 1 heterocycles. The van der Waals surface area contributed by atoms with Gasteiger partial charge in [-0.15, -0.1) is 0 Å². The highest BCUT2D eigenvalue weighted by atomic mass is 16.5. The lowest BCUT2D eigenvalue weighted by molar-refractivity contribution is -0.107. The van der Waals surface area contributed by atoms with Crippen molar-refractivity contribution in [3.8, 4) is 17.0 Å². The van der Waals surface area contributed by atoms with E-state index in [1.165, 1.54) is 44.6 Å². The van der Waals surface area contributed by atoms with Crippen molar-refractivity contribution in [1.82, 2.24) is 10.2 Å². The minimum absolute atomic E-state index is 0.0806. The second kappa shape index (κ2) is 5.45. The molecule has 4 aliphatic rings. The van der Waals surface area contributed by atoms with Gasteiger partial charge in [-0.2, -0.15) is 5.10 Å². The van der Waals surface area contributed by atoms with E-state index in [0.29, 0.717) is 0 Å². The molecule has 4 aliphatic carbocycles. The number of H-pyrrole nitrogens is 1. The second-order valence-electron chi connectivity index (χ2n) is 8.49. The molecule has 0 unspecified atom stereocenters. The van der Waals surface area contributed by atoms with Crippen LogP contribution in [-0.4, -0.2) is 15.8 Å². The van der Waals surface area contributed by atoms with E-state index >= 15 is 0 Å². The van der Waals surface area contributed by atoms with E-state index in [0.717, 1.165) is 40.3 Å². The maximum Gasteiger partial charge on any atom is 0.264 e. The normalized spacial score (nSPS) is 32.8. The van der Waals surface area contributed by atoms with Crippen LogP contribution in [0.5, 0.6) is 5.75 Å². The number of hydrogen-bond acceptors (Lipinski definition) is 3. The number of ether oxygens (including phenoxy) is 1. The van der Waals surface area contributed by atoms with Gasteiger partial charge in [0.25, 0.3) is 5.56 Å². The molecule has 0 atom stereocenters. The largest absolute Gasteiger partial charge is 0.487 e. The highest BCUT2D eigenvalue weighted by Gasteiger charge is 2.52. The number of hydrogen-bond donors (Lipinski definition) is 1. The van der Waals surface area contributed by atoms with Crippen LogP contribution in [0.3, 0.4) is 0 Å². The Morgan fingerprint density at radius 2 is 1.72 bits per heavy atom. The second-order valence-corrected chi connectivity index (χ2v) is 8.49. The summed E-state index contributed by atoms with van der Waals surface area (Å²) in [5, 5.41) is 6.62. The van der Waals surface area contributed by atoms with Gasteiger partial charge in [0, 0.05) is 11.6 Å². The molecule has 1 aromatic carbocycles. The monoisotopic (exact) mass is 336 g/mol. The molecule has 4 saturated carbocycles. The molecular weight excluding hydrogens is 312 g/mol. The molecule has 4 fully saturated rings. The molecule has 25 heavy (non-hydrogen) atoms. The van der Waals surface area contributed by atoms with E-state index in [-0.39, 0.29) is 11.2 Å². The van der Waals surface area contributed by atoms with Gasteiger partial charge < -0.3 is 4.74 Å². The van der Waals surface area contributed by atoms with Crippen molar-refractivity contribution < 1.29 is 4.74 Å². The molecule has 0 amide bonds. The van der Waals surface area contributed by atoms with Crippen molar-refractivity contribution in [2.75, 3.05) is 0 Å². The van der Waals surface area contributed by atoms with Crippen LogP contribution in [0.15, 0.2) is 35.1 Å². The average molecular weight is 336 g/mol. The summed E-state index contributed by atoms with van der Waals surface area (Å²) in [7, 11) is 0. The van der Waals surface area contributed by atoms with Crippen molar-refractivity contribution in [3.63, 3.8) is 0 Å². The van der Waals surface area contributed by atoms with Gasteiger partial charge in [-0.25, -0.2) is 5.10 Å². The van der Waals surface area contributed by atoms with E-state index in [1.54, 1.807) is 6.07 Å². The zero-order valence-corrected chi connectivity index (χ0v) is 14.6. The molecule has 0 saturated heterocycles. The topological polar surface area (TPSA) is 55.0 Å². The average Bonchev–Trinajstić information content (AvgIpc) is 2.56. The molecule has 4 heteroatoms. The molecule has 4 bridgehead atoms. The Labute approximate surface area is 147 Å². The number of nitrogens with one attached hydrogen (secondary N) is 1. The fraction of sp³-hybridized carbons (Fsp3) is 0.524. The molecule has 1 aromatic heterocycles. The number of aromatic nitrogens is 2. The van der Waals surface area contributed by atoms with Crippen molar-refractivity contribution in [1.29, 1.82) is 0 Å². The first-order chi connectivity index (χ1) is 12.1. The van der Waals surface area contributed by atoms with Crippen LogP contribution >= 0.6 is 0 Å². The molecule has 0 aliphatic heterocycles. The maximum absolute atomic E-state index is 11.2. The summed E-state index contributed by atoms with van der Waals surface area (Å²) in [6.45, 7) is 2.10. The highest BCUT2D eigenvalue weighted by molar-refractivity contribution is 5.61.